The van der Waals surface area contributed by atoms with E-state index in [1.807, 2.05) is 0 Å². The third-order valence-electron chi connectivity index (χ3n) is 4.10. The summed E-state index contributed by atoms with van der Waals surface area (Å²) in [6, 6.07) is 4.90. The Kier molecular flexibility index (Phi) is 10.3. The lowest BCUT2D eigenvalue weighted by Crippen LogP contribution is -2.44. The van der Waals surface area contributed by atoms with Gasteiger partial charge in [-0.1, -0.05) is 12.1 Å². The molecule has 0 aliphatic carbocycles. The van der Waals surface area contributed by atoms with Crippen molar-refractivity contribution in [2.45, 2.75) is 84.5 Å². The topological polar surface area (TPSA) is 137 Å². The van der Waals surface area contributed by atoms with Gasteiger partial charge < -0.3 is 20.1 Å². The van der Waals surface area contributed by atoms with Crippen LogP contribution in [0.4, 0.5) is 10.5 Å². The maximum atomic E-state index is 12.6. The average molecular weight is 466 g/mol. The van der Waals surface area contributed by atoms with Crippen LogP contribution in [0.15, 0.2) is 24.3 Å². The van der Waals surface area contributed by atoms with Gasteiger partial charge in [-0.25, -0.2) is 9.59 Å². The summed E-state index contributed by atoms with van der Waals surface area (Å²) < 4.78 is 10.6. The van der Waals surface area contributed by atoms with Crippen LogP contribution in [0.2, 0.25) is 0 Å². The summed E-state index contributed by atoms with van der Waals surface area (Å²) in [6.45, 7) is 10.9. The molecule has 0 fully saturated rings. The summed E-state index contributed by atoms with van der Waals surface area (Å²) in [5, 5.41) is 16.3. The molecule has 0 aliphatic rings. The van der Waals surface area contributed by atoms with Crippen LogP contribution >= 0.6 is 0 Å². The van der Waals surface area contributed by atoms with Gasteiger partial charge in [-0.3, -0.25) is 14.9 Å². The normalized spacial score (nSPS) is 12.4. The quantitative estimate of drug-likeness (QED) is 0.233. The van der Waals surface area contributed by atoms with Gasteiger partial charge in [0, 0.05) is 18.7 Å². The molecule has 2 N–H and O–H groups in total. The van der Waals surface area contributed by atoms with E-state index in [1.54, 1.807) is 47.6 Å². The SMILES string of the molecule is CC(C)(C)OC(=O)NCCCC[C@H](NC(=O)Cc1cccc([N+](=O)[O-])c1)C(=O)OC(C)(C)C. The molecule has 2 amide bonds. The molecule has 1 rings (SSSR count). The van der Waals surface area contributed by atoms with E-state index in [2.05, 4.69) is 10.6 Å². The maximum absolute atomic E-state index is 12.6. The second kappa shape index (κ2) is 12.2. The van der Waals surface area contributed by atoms with Gasteiger partial charge in [-0.2, -0.15) is 0 Å². The fourth-order valence-corrected chi connectivity index (χ4v) is 2.81. The van der Waals surface area contributed by atoms with E-state index in [1.165, 1.54) is 18.2 Å². The van der Waals surface area contributed by atoms with E-state index >= 15 is 0 Å². The van der Waals surface area contributed by atoms with Crippen molar-refractivity contribution in [3.8, 4) is 0 Å². The molecular weight excluding hydrogens is 430 g/mol. The van der Waals surface area contributed by atoms with Crippen LogP contribution < -0.4 is 10.6 Å². The number of esters is 1. The maximum Gasteiger partial charge on any atom is 0.407 e. The van der Waals surface area contributed by atoms with E-state index in [-0.39, 0.29) is 12.1 Å². The van der Waals surface area contributed by atoms with E-state index in [0.717, 1.165) is 0 Å². The number of nitro benzene ring substituents is 1. The molecule has 33 heavy (non-hydrogen) atoms. The fourth-order valence-electron chi connectivity index (χ4n) is 2.81. The summed E-state index contributed by atoms with van der Waals surface area (Å²) in [6.07, 6.45) is 0.791. The second-order valence-corrected chi connectivity index (χ2v) is 9.68. The van der Waals surface area contributed by atoms with Crippen LogP contribution in [0.3, 0.4) is 0 Å². The molecule has 0 saturated carbocycles. The number of alkyl carbamates (subject to hydrolysis) is 1. The number of non-ortho nitro benzene ring substituents is 1. The number of nitrogens with zero attached hydrogens (tertiary/aromatic N) is 1. The lowest BCUT2D eigenvalue weighted by atomic mass is 10.1. The van der Waals surface area contributed by atoms with E-state index in [9.17, 15) is 24.5 Å². The molecule has 184 valence electrons. The minimum atomic E-state index is -0.878. The first kappa shape index (κ1) is 27.9. The van der Waals surface area contributed by atoms with Crippen molar-refractivity contribution < 1.29 is 28.8 Å². The van der Waals surface area contributed by atoms with Crippen LogP contribution in [-0.2, 0) is 25.5 Å². The Labute approximate surface area is 194 Å². The van der Waals surface area contributed by atoms with Crippen LogP contribution in [0.5, 0.6) is 0 Å². The van der Waals surface area contributed by atoms with Crippen LogP contribution in [0, 0.1) is 10.1 Å². The number of hydrogen-bond acceptors (Lipinski definition) is 7. The Morgan fingerprint density at radius 3 is 2.24 bits per heavy atom. The third kappa shape index (κ3) is 12.4. The van der Waals surface area contributed by atoms with Gasteiger partial charge in [0.1, 0.15) is 17.2 Å². The molecule has 0 saturated heterocycles. The van der Waals surface area contributed by atoms with E-state index in [4.69, 9.17) is 9.47 Å². The minimum Gasteiger partial charge on any atom is -0.458 e. The molecule has 0 bridgehead atoms. The Bertz CT molecular complexity index is 841. The highest BCUT2D eigenvalue weighted by Gasteiger charge is 2.26. The Morgan fingerprint density at radius 2 is 1.67 bits per heavy atom. The molecule has 0 spiro atoms. The number of hydrogen-bond donors (Lipinski definition) is 2. The number of benzene rings is 1. The van der Waals surface area contributed by atoms with Gasteiger partial charge in [0.15, 0.2) is 0 Å². The average Bonchev–Trinajstić information content (AvgIpc) is 2.64. The molecule has 0 radical (unpaired) electrons. The van der Waals surface area contributed by atoms with Gasteiger partial charge in [0.05, 0.1) is 11.3 Å². The van der Waals surface area contributed by atoms with Crippen molar-refractivity contribution in [2.24, 2.45) is 0 Å². The Balaban J connectivity index is 2.66. The van der Waals surface area contributed by atoms with Gasteiger partial charge >= 0.3 is 12.1 Å². The smallest absolute Gasteiger partial charge is 0.407 e. The lowest BCUT2D eigenvalue weighted by molar-refractivity contribution is -0.384. The molecule has 0 aromatic heterocycles. The molecule has 0 heterocycles. The Hall–Kier alpha value is -3.17. The zero-order valence-electron chi connectivity index (χ0n) is 20.2. The molecular formula is C23H35N3O7. The lowest BCUT2D eigenvalue weighted by Gasteiger charge is -2.24. The summed E-state index contributed by atoms with van der Waals surface area (Å²) in [5.74, 6) is -1.01. The monoisotopic (exact) mass is 465 g/mol. The standard InChI is InChI=1S/C23H35N3O7/c1-22(2,3)32-20(28)18(12-7-8-13-24-21(29)33-23(4,5)6)25-19(27)15-16-10-9-11-17(14-16)26(30)31/h9-11,14,18H,7-8,12-13,15H2,1-6H3,(H,24,29)(H,25,27)/t18-/m0/s1. The fraction of sp³-hybridized carbons (Fsp3) is 0.609. The number of amides is 2. The molecule has 1 atom stereocenters. The van der Waals surface area contributed by atoms with Gasteiger partial charge in [-0.15, -0.1) is 0 Å². The summed E-state index contributed by atoms with van der Waals surface area (Å²) in [4.78, 5) is 47.2. The highest BCUT2D eigenvalue weighted by Crippen LogP contribution is 2.15. The number of nitrogens with one attached hydrogen (secondary N) is 2. The van der Waals surface area contributed by atoms with Crippen molar-refractivity contribution in [1.82, 2.24) is 10.6 Å². The molecule has 10 nitrogen and oxygen atoms in total. The van der Waals surface area contributed by atoms with Crippen molar-refractivity contribution >= 4 is 23.7 Å². The molecule has 1 aromatic carbocycles. The number of carbonyl (C=O) groups is 3. The molecule has 1 aromatic rings. The minimum absolute atomic E-state index is 0.110. The van der Waals surface area contributed by atoms with Crippen molar-refractivity contribution in [1.29, 1.82) is 0 Å². The molecule has 10 heteroatoms. The predicted octanol–water partition coefficient (Wildman–Crippen LogP) is 3.66. The number of ether oxygens (including phenoxy) is 2. The van der Waals surface area contributed by atoms with Crippen LogP contribution in [0.1, 0.15) is 66.4 Å². The van der Waals surface area contributed by atoms with Gasteiger partial charge in [0.2, 0.25) is 5.91 Å². The number of carbonyl (C=O) groups excluding carboxylic acids is 3. The van der Waals surface area contributed by atoms with E-state index in [0.29, 0.717) is 31.4 Å². The number of unbranched alkanes of at least 4 members (excludes halogenated alkanes) is 1. The van der Waals surface area contributed by atoms with Crippen LogP contribution in [0.25, 0.3) is 0 Å². The zero-order valence-corrected chi connectivity index (χ0v) is 20.2. The summed E-state index contributed by atoms with van der Waals surface area (Å²) in [5.41, 5.74) is -0.957. The van der Waals surface area contributed by atoms with Crippen molar-refractivity contribution in [3.63, 3.8) is 0 Å². The zero-order chi connectivity index (χ0) is 25.2. The van der Waals surface area contributed by atoms with Gasteiger partial charge in [-0.05, 0) is 66.4 Å². The predicted molar refractivity (Wildman–Crippen MR) is 123 cm³/mol. The van der Waals surface area contributed by atoms with Crippen molar-refractivity contribution in [2.75, 3.05) is 6.54 Å². The highest BCUT2D eigenvalue weighted by molar-refractivity contribution is 5.85. The number of rotatable bonds is 10. The Morgan fingerprint density at radius 1 is 1.03 bits per heavy atom. The first-order valence-corrected chi connectivity index (χ1v) is 10.9. The number of nitro groups is 1. The van der Waals surface area contributed by atoms with Crippen LogP contribution in [-0.4, -0.2) is 46.7 Å². The summed E-state index contributed by atoms with van der Waals surface area (Å²) >= 11 is 0. The second-order valence-electron chi connectivity index (χ2n) is 9.68. The molecule has 0 unspecified atom stereocenters. The molecule has 0 aliphatic heterocycles. The largest absolute Gasteiger partial charge is 0.458 e. The van der Waals surface area contributed by atoms with Gasteiger partial charge in [0.25, 0.3) is 5.69 Å². The first-order chi connectivity index (χ1) is 15.2. The van der Waals surface area contributed by atoms with Crippen molar-refractivity contribution in [3.05, 3.63) is 39.9 Å². The highest BCUT2D eigenvalue weighted by atomic mass is 16.6. The summed E-state index contributed by atoms with van der Waals surface area (Å²) in [7, 11) is 0. The first-order valence-electron chi connectivity index (χ1n) is 10.9. The third-order valence-corrected chi connectivity index (χ3v) is 4.10. The van der Waals surface area contributed by atoms with E-state index < -0.39 is 40.1 Å².